The van der Waals surface area contributed by atoms with Crippen molar-refractivity contribution in [1.29, 1.82) is 0 Å². The number of nitrogens with two attached hydrogens (primary N) is 1. The first-order valence-corrected chi connectivity index (χ1v) is 10.9. The van der Waals surface area contributed by atoms with Crippen molar-refractivity contribution in [3.63, 3.8) is 0 Å². The lowest BCUT2D eigenvalue weighted by Crippen LogP contribution is -2.54. The quantitative estimate of drug-likeness (QED) is 0.592. The Kier molecular flexibility index (Phi) is 6.48. The Bertz CT molecular complexity index is 871. The molecule has 2 saturated heterocycles. The minimum atomic E-state index is -4.54. The fraction of sp³-hybridized carbons (Fsp3) is 0.700. The van der Waals surface area contributed by atoms with Gasteiger partial charge in [-0.1, -0.05) is 0 Å². The summed E-state index contributed by atoms with van der Waals surface area (Å²) < 4.78 is 53.0. The molecule has 0 bridgehead atoms. The molecule has 0 aromatic carbocycles. The Labute approximate surface area is 184 Å². The molecule has 0 aliphatic carbocycles. The molecule has 4 heterocycles. The van der Waals surface area contributed by atoms with Crippen molar-refractivity contribution in [1.82, 2.24) is 25.3 Å². The highest BCUT2D eigenvalue weighted by atomic mass is 19.4. The van der Waals surface area contributed by atoms with Crippen molar-refractivity contribution in [2.75, 3.05) is 39.4 Å². The predicted octanol–water partition coefficient (Wildman–Crippen LogP) is 1.33. The summed E-state index contributed by atoms with van der Waals surface area (Å²) in [4.78, 5) is 6.35. The largest absolute Gasteiger partial charge is 0.421 e. The van der Waals surface area contributed by atoms with Crippen LogP contribution < -0.4 is 16.4 Å². The highest BCUT2D eigenvalue weighted by Crippen LogP contribution is 2.33. The summed E-state index contributed by atoms with van der Waals surface area (Å²) in [6, 6.07) is 0.177. The number of aromatic nitrogens is 2. The van der Waals surface area contributed by atoms with Gasteiger partial charge in [0.2, 0.25) is 5.79 Å². The van der Waals surface area contributed by atoms with Gasteiger partial charge in [0.15, 0.2) is 6.29 Å². The molecule has 3 aliphatic heterocycles. The molecule has 12 heteroatoms. The van der Waals surface area contributed by atoms with E-state index in [0.717, 1.165) is 44.4 Å². The number of nitrogens with one attached hydrogen (secondary N) is 2. The molecule has 1 aromatic rings. The number of allylic oxidation sites excluding steroid dienone is 1. The van der Waals surface area contributed by atoms with E-state index in [1.807, 2.05) is 11.6 Å². The molecule has 4 N–H and O–H groups in total. The lowest BCUT2D eigenvalue weighted by atomic mass is 10.0. The number of hydrogen-bond donors (Lipinski definition) is 3. The van der Waals surface area contributed by atoms with Crippen LogP contribution in [0.3, 0.4) is 0 Å². The molecule has 0 radical (unpaired) electrons. The van der Waals surface area contributed by atoms with Crippen LogP contribution in [-0.4, -0.2) is 72.8 Å². The van der Waals surface area contributed by atoms with Gasteiger partial charge in [-0.3, -0.25) is 15.3 Å². The number of piperidine rings is 1. The number of halogens is 3. The fourth-order valence-corrected chi connectivity index (χ4v) is 4.42. The van der Waals surface area contributed by atoms with Gasteiger partial charge in [0.05, 0.1) is 31.0 Å². The van der Waals surface area contributed by atoms with Gasteiger partial charge >= 0.3 is 6.18 Å². The minimum Gasteiger partial charge on any atom is -0.372 e. The number of likely N-dealkylation sites (tertiary alicyclic amines) is 1. The van der Waals surface area contributed by atoms with Crippen LogP contribution in [0.2, 0.25) is 0 Å². The lowest BCUT2D eigenvalue weighted by Gasteiger charge is -2.35. The van der Waals surface area contributed by atoms with Gasteiger partial charge in [0.1, 0.15) is 11.4 Å². The summed E-state index contributed by atoms with van der Waals surface area (Å²) in [5.74, 6) is -1.72. The molecular weight excluding hydrogens is 427 g/mol. The van der Waals surface area contributed by atoms with Crippen molar-refractivity contribution >= 4 is 6.21 Å². The van der Waals surface area contributed by atoms with Crippen LogP contribution >= 0.6 is 0 Å². The number of nitrogens with zero attached hydrogens (tertiary/aromatic N) is 4. The number of ether oxygens (including phenoxy) is 2. The molecule has 0 saturated carbocycles. The van der Waals surface area contributed by atoms with E-state index in [2.05, 4.69) is 25.6 Å². The van der Waals surface area contributed by atoms with Crippen LogP contribution in [0, 0.1) is 6.92 Å². The van der Waals surface area contributed by atoms with Gasteiger partial charge in [0, 0.05) is 38.1 Å². The summed E-state index contributed by atoms with van der Waals surface area (Å²) in [5, 5.41) is 9.98. The van der Waals surface area contributed by atoms with Gasteiger partial charge in [-0.2, -0.15) is 18.3 Å². The molecule has 1 unspecified atom stereocenters. The van der Waals surface area contributed by atoms with Crippen molar-refractivity contribution in [2.45, 2.75) is 51.0 Å². The second-order valence-corrected chi connectivity index (χ2v) is 8.26. The molecule has 1 atom stereocenters. The molecule has 0 amide bonds. The standard InChI is InChI=1S/C20H30F3N7O2/c1-3-25-18-16(19(21,22)23)10-26-20(24,28-18)15-11-27-30(13(15)2)14-4-6-29(7-5-14)12-17-31-8-9-32-17/h10-11,14,17,25,28H,3-9,12,24H2,1-2H3. The summed E-state index contributed by atoms with van der Waals surface area (Å²) in [7, 11) is 0. The minimum absolute atomic E-state index is 0.155. The Hall–Kier alpha value is -2.15. The predicted molar refractivity (Wildman–Crippen MR) is 112 cm³/mol. The summed E-state index contributed by atoms with van der Waals surface area (Å²) >= 11 is 0. The van der Waals surface area contributed by atoms with Gasteiger partial charge in [-0.05, 0) is 26.7 Å². The number of hydrogen-bond acceptors (Lipinski definition) is 8. The van der Waals surface area contributed by atoms with Crippen LogP contribution in [0.25, 0.3) is 0 Å². The summed E-state index contributed by atoms with van der Waals surface area (Å²) in [6.07, 6.45) is -0.534. The van der Waals surface area contributed by atoms with E-state index < -0.39 is 17.5 Å². The van der Waals surface area contributed by atoms with E-state index in [1.165, 1.54) is 0 Å². The summed E-state index contributed by atoms with van der Waals surface area (Å²) in [6.45, 7) is 7.70. The molecule has 1 aromatic heterocycles. The Balaban J connectivity index is 1.46. The second kappa shape index (κ2) is 9.00. The molecule has 178 valence electrons. The maximum atomic E-state index is 13.3. The molecule has 4 rings (SSSR count). The first-order valence-electron chi connectivity index (χ1n) is 10.9. The zero-order valence-corrected chi connectivity index (χ0v) is 18.3. The third-order valence-corrected chi connectivity index (χ3v) is 6.10. The molecule has 32 heavy (non-hydrogen) atoms. The SMILES string of the molecule is CCNC1=C(C(F)(F)F)C=NC(N)(c2cnn(C3CCN(CC4OCCO4)CC3)c2C)N1. The second-order valence-electron chi connectivity index (χ2n) is 8.26. The Morgan fingerprint density at radius 3 is 2.59 bits per heavy atom. The Morgan fingerprint density at radius 1 is 1.28 bits per heavy atom. The third kappa shape index (κ3) is 4.63. The topological polar surface area (TPSA) is 102 Å². The van der Waals surface area contributed by atoms with Crippen LogP contribution in [0.1, 0.15) is 37.1 Å². The lowest BCUT2D eigenvalue weighted by molar-refractivity contribution is -0.0876. The van der Waals surface area contributed by atoms with Crippen molar-refractivity contribution in [3.05, 3.63) is 28.8 Å². The highest BCUT2D eigenvalue weighted by Gasteiger charge is 2.42. The average molecular weight is 458 g/mol. The maximum absolute atomic E-state index is 13.3. The summed E-state index contributed by atoms with van der Waals surface area (Å²) in [5.41, 5.74) is 6.87. The molecule has 9 nitrogen and oxygen atoms in total. The van der Waals surface area contributed by atoms with E-state index in [-0.39, 0.29) is 18.2 Å². The Morgan fingerprint density at radius 2 is 1.97 bits per heavy atom. The number of rotatable bonds is 6. The maximum Gasteiger partial charge on any atom is 0.421 e. The smallest absolute Gasteiger partial charge is 0.372 e. The molecule has 3 aliphatic rings. The van der Waals surface area contributed by atoms with E-state index in [4.69, 9.17) is 15.2 Å². The molecular formula is C20H30F3N7O2. The van der Waals surface area contributed by atoms with Crippen LogP contribution in [-0.2, 0) is 15.3 Å². The third-order valence-electron chi connectivity index (χ3n) is 6.10. The highest BCUT2D eigenvalue weighted by molar-refractivity contribution is 5.82. The number of alkyl halides is 3. The molecule has 0 spiro atoms. The van der Waals surface area contributed by atoms with E-state index >= 15 is 0 Å². The molecule has 2 fully saturated rings. The van der Waals surface area contributed by atoms with Crippen molar-refractivity contribution in [3.8, 4) is 0 Å². The fourth-order valence-electron chi connectivity index (χ4n) is 4.42. The van der Waals surface area contributed by atoms with Crippen LogP contribution in [0.15, 0.2) is 22.6 Å². The number of aliphatic imine (C=N–C) groups is 1. The van der Waals surface area contributed by atoms with Gasteiger partial charge in [-0.15, -0.1) is 0 Å². The van der Waals surface area contributed by atoms with E-state index in [1.54, 1.807) is 13.1 Å². The van der Waals surface area contributed by atoms with Crippen molar-refractivity contribution in [2.24, 2.45) is 10.7 Å². The zero-order valence-electron chi connectivity index (χ0n) is 18.3. The van der Waals surface area contributed by atoms with Crippen molar-refractivity contribution < 1.29 is 22.6 Å². The van der Waals surface area contributed by atoms with Gasteiger partial charge in [-0.25, -0.2) is 4.99 Å². The van der Waals surface area contributed by atoms with Gasteiger partial charge < -0.3 is 20.1 Å². The van der Waals surface area contributed by atoms with Gasteiger partial charge in [0.25, 0.3) is 0 Å². The average Bonchev–Trinajstić information content (AvgIpc) is 3.38. The first-order chi connectivity index (χ1) is 15.2. The van der Waals surface area contributed by atoms with Crippen LogP contribution in [0.5, 0.6) is 0 Å². The van der Waals surface area contributed by atoms with E-state index in [0.29, 0.717) is 25.3 Å². The van der Waals surface area contributed by atoms with E-state index in [9.17, 15) is 13.2 Å². The monoisotopic (exact) mass is 457 g/mol. The first kappa shape index (κ1) is 23.0. The normalized spacial score (nSPS) is 26.1. The van der Waals surface area contributed by atoms with Crippen LogP contribution in [0.4, 0.5) is 13.2 Å². The zero-order chi connectivity index (χ0) is 22.9.